The molecule has 35 heavy (non-hydrogen) atoms. The molecule has 182 valence electrons. The SMILES string of the molecule is C[C@H]1C[C@H](C(=O)N2CCn3c(nnc3C(F)(F)F)C2)CCN1c1c(C#N)cnc2ccc(Cl)cc12. The van der Waals surface area contributed by atoms with Crippen molar-refractivity contribution in [3.63, 3.8) is 0 Å². The van der Waals surface area contributed by atoms with E-state index in [0.717, 1.165) is 21.2 Å². The second-order valence-electron chi connectivity index (χ2n) is 8.91. The van der Waals surface area contributed by atoms with Gasteiger partial charge >= 0.3 is 6.18 Å². The standard InChI is InChI=1S/C23H21ClF3N7O/c1-13-8-14(21(35)32-6-7-34-19(12-32)30-31-22(34)23(25,26)27)4-5-33(13)20-15(10-28)11-29-18-3-2-16(24)9-17(18)20/h2-3,9,11,13-14H,4-8,12H2,1H3/t13-,14+/m0/s1. The number of carbonyl (C=O) groups is 1. The summed E-state index contributed by atoms with van der Waals surface area (Å²) in [6, 6.07) is 7.51. The normalized spacial score (nSPS) is 20.6. The van der Waals surface area contributed by atoms with E-state index in [1.807, 2.05) is 13.0 Å². The van der Waals surface area contributed by atoms with Crippen LogP contribution in [0, 0.1) is 17.2 Å². The number of nitrogens with zero attached hydrogens (tertiary/aromatic N) is 7. The van der Waals surface area contributed by atoms with Crippen molar-refractivity contribution in [2.75, 3.05) is 18.0 Å². The minimum absolute atomic E-state index is 0.00256. The van der Waals surface area contributed by atoms with E-state index in [1.165, 1.54) is 0 Å². The molecular formula is C23H21ClF3N7O. The van der Waals surface area contributed by atoms with Crippen LogP contribution >= 0.6 is 11.6 Å². The molecule has 0 unspecified atom stereocenters. The van der Waals surface area contributed by atoms with Crippen LogP contribution in [0.15, 0.2) is 24.4 Å². The van der Waals surface area contributed by atoms with Gasteiger partial charge in [0, 0.05) is 48.2 Å². The first-order valence-electron chi connectivity index (χ1n) is 11.2. The fraction of sp³-hybridized carbons (Fsp3) is 0.435. The minimum Gasteiger partial charge on any atom is -0.367 e. The average molecular weight is 504 g/mol. The number of aromatic nitrogens is 4. The van der Waals surface area contributed by atoms with E-state index in [0.29, 0.717) is 30.0 Å². The van der Waals surface area contributed by atoms with E-state index < -0.39 is 12.0 Å². The van der Waals surface area contributed by atoms with Gasteiger partial charge in [0.15, 0.2) is 5.82 Å². The topological polar surface area (TPSA) is 90.9 Å². The Kier molecular flexibility index (Phi) is 5.79. The Morgan fingerprint density at radius 3 is 2.74 bits per heavy atom. The smallest absolute Gasteiger partial charge is 0.367 e. The molecule has 1 amide bonds. The highest BCUT2D eigenvalue weighted by Gasteiger charge is 2.41. The van der Waals surface area contributed by atoms with Gasteiger partial charge in [-0.2, -0.15) is 18.4 Å². The number of benzene rings is 1. The molecule has 0 radical (unpaired) electrons. The number of amides is 1. The number of anilines is 1. The molecule has 1 aromatic carbocycles. The number of alkyl halides is 3. The molecular weight excluding hydrogens is 483 g/mol. The van der Waals surface area contributed by atoms with Crippen molar-refractivity contribution in [3.8, 4) is 6.07 Å². The summed E-state index contributed by atoms with van der Waals surface area (Å²) in [5.74, 6) is -1.26. The summed E-state index contributed by atoms with van der Waals surface area (Å²) in [7, 11) is 0. The van der Waals surface area contributed by atoms with Crippen molar-refractivity contribution < 1.29 is 18.0 Å². The zero-order valence-electron chi connectivity index (χ0n) is 18.8. The molecule has 0 saturated carbocycles. The highest BCUT2D eigenvalue weighted by Crippen LogP contribution is 2.37. The molecule has 4 heterocycles. The number of hydrogen-bond donors (Lipinski definition) is 0. The summed E-state index contributed by atoms with van der Waals surface area (Å²) in [5.41, 5.74) is 1.92. The molecule has 2 atom stereocenters. The zero-order valence-corrected chi connectivity index (χ0v) is 19.5. The summed E-state index contributed by atoms with van der Waals surface area (Å²) in [4.78, 5) is 21.3. The van der Waals surface area contributed by atoms with Gasteiger partial charge in [-0.15, -0.1) is 10.2 Å². The third-order valence-electron chi connectivity index (χ3n) is 6.75. The third-order valence-corrected chi connectivity index (χ3v) is 6.99. The van der Waals surface area contributed by atoms with Crippen molar-refractivity contribution >= 4 is 34.1 Å². The lowest BCUT2D eigenvalue weighted by Gasteiger charge is -2.41. The van der Waals surface area contributed by atoms with Crippen molar-refractivity contribution in [1.29, 1.82) is 5.26 Å². The van der Waals surface area contributed by atoms with Crippen molar-refractivity contribution in [2.24, 2.45) is 5.92 Å². The van der Waals surface area contributed by atoms with Gasteiger partial charge in [-0.05, 0) is 38.0 Å². The Hall–Kier alpha value is -3.39. The summed E-state index contributed by atoms with van der Waals surface area (Å²) in [6.07, 6.45) is -1.93. The van der Waals surface area contributed by atoms with Crippen LogP contribution in [0.3, 0.4) is 0 Å². The number of piperidine rings is 1. The quantitative estimate of drug-likeness (QED) is 0.524. The summed E-state index contributed by atoms with van der Waals surface area (Å²) in [5, 5.41) is 18.0. The molecule has 0 N–H and O–H groups in total. The monoisotopic (exact) mass is 503 g/mol. The molecule has 2 aliphatic heterocycles. The molecule has 12 heteroatoms. The fourth-order valence-electron chi connectivity index (χ4n) is 5.08. The second-order valence-corrected chi connectivity index (χ2v) is 9.34. The maximum atomic E-state index is 13.3. The van der Waals surface area contributed by atoms with Crippen molar-refractivity contribution in [3.05, 3.63) is 46.6 Å². The average Bonchev–Trinajstić information content (AvgIpc) is 3.27. The zero-order chi connectivity index (χ0) is 24.9. The van der Waals surface area contributed by atoms with E-state index in [-0.39, 0.29) is 43.3 Å². The summed E-state index contributed by atoms with van der Waals surface area (Å²) < 4.78 is 40.4. The molecule has 0 bridgehead atoms. The van der Waals surface area contributed by atoms with Crippen LogP contribution in [-0.4, -0.2) is 49.7 Å². The minimum atomic E-state index is -4.58. The first kappa shape index (κ1) is 23.4. The summed E-state index contributed by atoms with van der Waals surface area (Å²) >= 11 is 6.22. The molecule has 2 aliphatic rings. The van der Waals surface area contributed by atoms with Crippen LogP contribution in [-0.2, 0) is 24.1 Å². The largest absolute Gasteiger partial charge is 0.451 e. The maximum absolute atomic E-state index is 13.3. The Morgan fingerprint density at radius 1 is 1.23 bits per heavy atom. The number of rotatable bonds is 2. The number of halogens is 4. The lowest BCUT2D eigenvalue weighted by Crippen LogP contribution is -2.48. The Morgan fingerprint density at radius 2 is 2.03 bits per heavy atom. The first-order chi connectivity index (χ1) is 16.7. The predicted molar refractivity (Wildman–Crippen MR) is 121 cm³/mol. The van der Waals surface area contributed by atoms with Crippen LogP contribution in [0.1, 0.15) is 37.0 Å². The van der Waals surface area contributed by atoms with Crippen molar-refractivity contribution in [1.82, 2.24) is 24.6 Å². The lowest BCUT2D eigenvalue weighted by molar-refractivity contribution is -0.148. The number of hydrogen-bond acceptors (Lipinski definition) is 6. The Bertz CT molecular complexity index is 1350. The molecule has 3 aromatic rings. The first-order valence-corrected chi connectivity index (χ1v) is 11.6. The highest BCUT2D eigenvalue weighted by atomic mass is 35.5. The second kappa shape index (κ2) is 8.68. The fourth-order valence-corrected chi connectivity index (χ4v) is 5.26. The van der Waals surface area contributed by atoms with Crippen LogP contribution in [0.25, 0.3) is 10.9 Å². The number of nitriles is 1. The predicted octanol–water partition coefficient (Wildman–Crippen LogP) is 4.02. The van der Waals surface area contributed by atoms with Gasteiger partial charge in [-0.1, -0.05) is 11.6 Å². The molecule has 1 saturated heterocycles. The van der Waals surface area contributed by atoms with Gasteiger partial charge in [-0.25, -0.2) is 0 Å². The lowest BCUT2D eigenvalue weighted by atomic mass is 9.89. The molecule has 0 spiro atoms. The van der Waals surface area contributed by atoms with Crippen LogP contribution in [0.4, 0.5) is 18.9 Å². The third kappa shape index (κ3) is 4.16. The van der Waals surface area contributed by atoms with Gasteiger partial charge in [0.05, 0.1) is 23.3 Å². The van der Waals surface area contributed by atoms with Gasteiger partial charge in [0.25, 0.3) is 0 Å². The summed E-state index contributed by atoms with van der Waals surface area (Å²) in [6.45, 7) is 2.72. The van der Waals surface area contributed by atoms with Crippen LogP contribution < -0.4 is 4.90 Å². The van der Waals surface area contributed by atoms with Gasteiger partial charge in [0.1, 0.15) is 6.07 Å². The van der Waals surface area contributed by atoms with Crippen LogP contribution in [0.5, 0.6) is 0 Å². The van der Waals surface area contributed by atoms with E-state index in [9.17, 15) is 23.2 Å². The van der Waals surface area contributed by atoms with Gasteiger partial charge in [0.2, 0.25) is 11.7 Å². The number of pyridine rings is 1. The maximum Gasteiger partial charge on any atom is 0.451 e. The molecule has 2 aromatic heterocycles. The van der Waals surface area contributed by atoms with E-state index in [1.54, 1.807) is 23.2 Å². The van der Waals surface area contributed by atoms with Crippen LogP contribution in [0.2, 0.25) is 5.02 Å². The molecule has 0 aliphatic carbocycles. The molecule has 1 fully saturated rings. The van der Waals surface area contributed by atoms with Gasteiger partial charge < -0.3 is 14.4 Å². The van der Waals surface area contributed by atoms with E-state index >= 15 is 0 Å². The number of fused-ring (bicyclic) bond motifs is 2. The molecule has 5 rings (SSSR count). The van der Waals surface area contributed by atoms with Gasteiger partial charge in [-0.3, -0.25) is 9.78 Å². The Balaban J connectivity index is 1.34. The highest BCUT2D eigenvalue weighted by molar-refractivity contribution is 6.31. The number of carbonyl (C=O) groups excluding carboxylic acids is 1. The van der Waals surface area contributed by atoms with E-state index in [4.69, 9.17) is 11.6 Å². The van der Waals surface area contributed by atoms with E-state index in [2.05, 4.69) is 26.2 Å². The Labute approximate surface area is 203 Å². The van der Waals surface area contributed by atoms with Crippen molar-refractivity contribution in [2.45, 2.75) is 45.1 Å². The molecule has 8 nitrogen and oxygen atoms in total.